The summed E-state index contributed by atoms with van der Waals surface area (Å²) in [6.45, 7) is 2.60. The lowest BCUT2D eigenvalue weighted by Crippen LogP contribution is -2.25. The number of carbonyl (C=O) groups excluding carboxylic acids is 1. The summed E-state index contributed by atoms with van der Waals surface area (Å²) in [6, 6.07) is 10.9. The normalized spacial score (nSPS) is 11.3. The molecule has 0 spiro atoms. The van der Waals surface area contributed by atoms with Crippen molar-refractivity contribution in [1.29, 1.82) is 0 Å². The number of nitrogens with one attached hydrogen (secondary N) is 1. The molecular formula is C25H28N6O4. The van der Waals surface area contributed by atoms with E-state index in [4.69, 9.17) is 24.9 Å². The number of aromatic nitrogens is 3. The van der Waals surface area contributed by atoms with Crippen molar-refractivity contribution in [1.82, 2.24) is 20.0 Å². The number of ether oxygens (including phenoxy) is 3. The van der Waals surface area contributed by atoms with Gasteiger partial charge in [-0.2, -0.15) is 9.78 Å². The van der Waals surface area contributed by atoms with Crippen LogP contribution in [0.15, 0.2) is 41.5 Å². The molecule has 0 radical (unpaired) electrons. The van der Waals surface area contributed by atoms with Crippen LogP contribution in [0, 0.1) is 0 Å². The van der Waals surface area contributed by atoms with Gasteiger partial charge < -0.3 is 25.3 Å². The topological polar surface area (TPSA) is 126 Å². The predicted octanol–water partition coefficient (Wildman–Crippen LogP) is 3.60. The zero-order valence-corrected chi connectivity index (χ0v) is 20.2. The lowest BCUT2D eigenvalue weighted by Gasteiger charge is -2.12. The lowest BCUT2D eigenvalue weighted by atomic mass is 10.2. The standard InChI is InChI=1S/C25H28N6O4/c1-5-6-11-27-25(32)20-21-24(30-17-10-8-7-9-16(17)29-21)31(23(20)26)28-14-15-12-18(33-2)22(35-4)19(13-15)34-3/h7-10,12-14H,5-6,11,26H2,1-4H3,(H,27,32)/b28-14-. The molecule has 4 rings (SSSR count). The summed E-state index contributed by atoms with van der Waals surface area (Å²) in [5.41, 5.74) is 9.45. The van der Waals surface area contributed by atoms with Gasteiger partial charge >= 0.3 is 0 Å². The van der Waals surface area contributed by atoms with Gasteiger partial charge in [0.15, 0.2) is 17.1 Å². The first-order valence-corrected chi connectivity index (χ1v) is 11.2. The third kappa shape index (κ3) is 4.54. The number of nitrogen functional groups attached to an aromatic ring is 1. The summed E-state index contributed by atoms with van der Waals surface area (Å²) in [7, 11) is 4.62. The Kier molecular flexibility index (Phi) is 7.00. The van der Waals surface area contributed by atoms with Crippen LogP contribution >= 0.6 is 0 Å². The number of nitrogens with zero attached hydrogens (tertiary/aromatic N) is 4. The SMILES string of the molecule is CCCCNC(=O)c1c(N)n(/N=C\c2cc(OC)c(OC)c(OC)c2)c2nc3ccccc3nc12. The second kappa shape index (κ2) is 10.3. The van der Waals surface area contributed by atoms with Gasteiger partial charge in [-0.1, -0.05) is 25.5 Å². The molecule has 0 unspecified atom stereocenters. The van der Waals surface area contributed by atoms with E-state index >= 15 is 0 Å². The molecule has 182 valence electrons. The first-order chi connectivity index (χ1) is 17.0. The number of unbranched alkanes of at least 4 members (excludes halogenated alkanes) is 1. The molecule has 0 fully saturated rings. The number of hydrogen-bond donors (Lipinski definition) is 2. The zero-order valence-electron chi connectivity index (χ0n) is 20.2. The third-order valence-corrected chi connectivity index (χ3v) is 5.53. The molecule has 0 saturated carbocycles. The first-order valence-electron chi connectivity index (χ1n) is 11.2. The molecule has 2 aromatic heterocycles. The minimum absolute atomic E-state index is 0.146. The zero-order chi connectivity index (χ0) is 24.9. The maximum Gasteiger partial charge on any atom is 0.257 e. The van der Waals surface area contributed by atoms with Crippen LogP contribution in [0.2, 0.25) is 0 Å². The van der Waals surface area contributed by atoms with Crippen molar-refractivity contribution < 1.29 is 19.0 Å². The minimum atomic E-state index is -0.313. The van der Waals surface area contributed by atoms with E-state index in [-0.39, 0.29) is 17.3 Å². The molecular weight excluding hydrogens is 448 g/mol. The monoisotopic (exact) mass is 476 g/mol. The summed E-state index contributed by atoms with van der Waals surface area (Å²) >= 11 is 0. The number of benzene rings is 2. The Morgan fingerprint density at radius 3 is 2.34 bits per heavy atom. The highest BCUT2D eigenvalue weighted by Gasteiger charge is 2.24. The number of para-hydroxylation sites is 2. The molecule has 0 bridgehead atoms. The van der Waals surface area contributed by atoms with E-state index in [0.717, 1.165) is 12.8 Å². The molecule has 0 aliphatic carbocycles. The summed E-state index contributed by atoms with van der Waals surface area (Å²) in [4.78, 5) is 22.4. The highest BCUT2D eigenvalue weighted by atomic mass is 16.5. The summed E-state index contributed by atoms with van der Waals surface area (Å²) in [6.07, 6.45) is 3.40. The van der Waals surface area contributed by atoms with Gasteiger partial charge in [0.1, 0.15) is 16.9 Å². The average Bonchev–Trinajstić information content (AvgIpc) is 3.15. The van der Waals surface area contributed by atoms with E-state index in [1.54, 1.807) is 32.6 Å². The lowest BCUT2D eigenvalue weighted by molar-refractivity contribution is 0.0955. The molecule has 10 nitrogen and oxygen atoms in total. The maximum absolute atomic E-state index is 13.0. The van der Waals surface area contributed by atoms with E-state index in [1.165, 1.54) is 11.8 Å². The number of methoxy groups -OCH3 is 3. The van der Waals surface area contributed by atoms with Crippen molar-refractivity contribution in [3.8, 4) is 17.2 Å². The fourth-order valence-corrected chi connectivity index (χ4v) is 3.76. The molecule has 0 aliphatic rings. The molecule has 2 heterocycles. The molecule has 0 aliphatic heterocycles. The van der Waals surface area contributed by atoms with Crippen molar-refractivity contribution in [3.05, 3.63) is 47.5 Å². The molecule has 10 heteroatoms. The Morgan fingerprint density at radius 1 is 1.09 bits per heavy atom. The van der Waals surface area contributed by atoms with E-state index in [9.17, 15) is 4.79 Å². The molecule has 2 aromatic carbocycles. The molecule has 3 N–H and O–H groups in total. The van der Waals surface area contributed by atoms with Gasteiger partial charge in [-0.05, 0) is 30.7 Å². The Labute approximate surface area is 202 Å². The van der Waals surface area contributed by atoms with Gasteiger partial charge in [0.05, 0.1) is 38.6 Å². The largest absolute Gasteiger partial charge is 0.493 e. The van der Waals surface area contributed by atoms with Gasteiger partial charge in [-0.15, -0.1) is 0 Å². The Balaban J connectivity index is 1.85. The van der Waals surface area contributed by atoms with E-state index in [0.29, 0.717) is 51.6 Å². The summed E-state index contributed by atoms with van der Waals surface area (Å²) < 4.78 is 17.6. The van der Waals surface area contributed by atoms with E-state index in [2.05, 4.69) is 22.3 Å². The number of nitrogens with two attached hydrogens (primary N) is 1. The van der Waals surface area contributed by atoms with Gasteiger partial charge in [-0.25, -0.2) is 9.97 Å². The van der Waals surface area contributed by atoms with Crippen LogP contribution < -0.4 is 25.3 Å². The van der Waals surface area contributed by atoms with Gasteiger partial charge in [-0.3, -0.25) is 4.79 Å². The number of carbonyl (C=O) groups is 1. The average molecular weight is 477 g/mol. The predicted molar refractivity (Wildman–Crippen MR) is 136 cm³/mol. The van der Waals surface area contributed by atoms with Crippen LogP contribution in [0.5, 0.6) is 17.2 Å². The highest BCUT2D eigenvalue weighted by Crippen LogP contribution is 2.38. The first kappa shape index (κ1) is 23.8. The van der Waals surface area contributed by atoms with Crippen LogP contribution in [-0.4, -0.2) is 54.6 Å². The van der Waals surface area contributed by atoms with Crippen molar-refractivity contribution in [3.63, 3.8) is 0 Å². The number of hydrogen-bond acceptors (Lipinski definition) is 8. The third-order valence-electron chi connectivity index (χ3n) is 5.53. The minimum Gasteiger partial charge on any atom is -0.493 e. The quantitative estimate of drug-likeness (QED) is 0.279. The van der Waals surface area contributed by atoms with Gasteiger partial charge in [0.25, 0.3) is 5.91 Å². The van der Waals surface area contributed by atoms with Crippen LogP contribution in [0.4, 0.5) is 5.82 Å². The van der Waals surface area contributed by atoms with Gasteiger partial charge in [0.2, 0.25) is 5.75 Å². The summed E-state index contributed by atoms with van der Waals surface area (Å²) in [5, 5.41) is 7.46. The Hall–Kier alpha value is -4.34. The highest BCUT2D eigenvalue weighted by molar-refractivity contribution is 6.10. The molecule has 35 heavy (non-hydrogen) atoms. The molecule has 1 amide bonds. The van der Waals surface area contributed by atoms with Crippen LogP contribution in [0.3, 0.4) is 0 Å². The number of rotatable bonds is 9. The number of anilines is 1. The van der Waals surface area contributed by atoms with Crippen LogP contribution in [0.1, 0.15) is 35.7 Å². The van der Waals surface area contributed by atoms with Crippen LogP contribution in [0.25, 0.3) is 22.2 Å². The van der Waals surface area contributed by atoms with Crippen molar-refractivity contribution in [2.24, 2.45) is 5.10 Å². The van der Waals surface area contributed by atoms with Gasteiger partial charge in [0, 0.05) is 12.1 Å². The van der Waals surface area contributed by atoms with E-state index < -0.39 is 0 Å². The maximum atomic E-state index is 13.0. The fourth-order valence-electron chi connectivity index (χ4n) is 3.76. The van der Waals surface area contributed by atoms with E-state index in [1.807, 2.05) is 24.3 Å². The molecule has 4 aromatic rings. The number of fused-ring (bicyclic) bond motifs is 2. The van der Waals surface area contributed by atoms with Crippen molar-refractivity contribution >= 4 is 40.1 Å². The summed E-state index contributed by atoms with van der Waals surface area (Å²) in [5.74, 6) is 1.28. The fraction of sp³-hybridized carbons (Fsp3) is 0.280. The molecule has 0 saturated heterocycles. The number of amides is 1. The second-order valence-corrected chi connectivity index (χ2v) is 7.77. The second-order valence-electron chi connectivity index (χ2n) is 7.77. The molecule has 0 atom stereocenters. The van der Waals surface area contributed by atoms with Crippen LogP contribution in [-0.2, 0) is 0 Å². The smallest absolute Gasteiger partial charge is 0.257 e. The van der Waals surface area contributed by atoms with Crippen molar-refractivity contribution in [2.45, 2.75) is 19.8 Å². The Bertz CT molecular complexity index is 1390. The Morgan fingerprint density at radius 2 is 1.74 bits per heavy atom. The van der Waals surface area contributed by atoms with Crippen molar-refractivity contribution in [2.75, 3.05) is 33.6 Å².